The fourth-order valence-electron chi connectivity index (χ4n) is 4.29. The van der Waals surface area contributed by atoms with Crippen molar-refractivity contribution >= 4 is 28.6 Å². The van der Waals surface area contributed by atoms with E-state index in [1.807, 2.05) is 54.7 Å². The minimum atomic E-state index is -0.458. The second-order valence-electron chi connectivity index (χ2n) is 9.14. The van der Waals surface area contributed by atoms with Gasteiger partial charge >= 0.3 is 0 Å². The number of aryl methyl sites for hydroxylation is 1. The second kappa shape index (κ2) is 11.3. The number of nitriles is 1. The summed E-state index contributed by atoms with van der Waals surface area (Å²) < 4.78 is 7.96. The summed E-state index contributed by atoms with van der Waals surface area (Å²) in [5, 5.41) is 13.6. The number of benzene rings is 4. The molecule has 0 fully saturated rings. The molecule has 0 aliphatic heterocycles. The van der Waals surface area contributed by atoms with Crippen LogP contribution in [0.4, 0.5) is 5.69 Å². The van der Waals surface area contributed by atoms with Crippen molar-refractivity contribution in [1.29, 1.82) is 5.26 Å². The molecule has 5 heteroatoms. The van der Waals surface area contributed by atoms with E-state index in [-0.39, 0.29) is 5.57 Å². The van der Waals surface area contributed by atoms with Gasteiger partial charge in [0.25, 0.3) is 5.91 Å². The van der Waals surface area contributed by atoms with E-state index in [0.29, 0.717) is 24.6 Å². The summed E-state index contributed by atoms with van der Waals surface area (Å²) in [6.45, 7) is 3.23. The number of aromatic nitrogens is 1. The third-order valence-corrected chi connectivity index (χ3v) is 6.32. The van der Waals surface area contributed by atoms with Gasteiger partial charge < -0.3 is 14.6 Å². The highest BCUT2D eigenvalue weighted by atomic mass is 16.5. The van der Waals surface area contributed by atoms with Crippen LogP contribution >= 0.6 is 0 Å². The van der Waals surface area contributed by atoms with Crippen LogP contribution in [0.5, 0.6) is 5.75 Å². The van der Waals surface area contributed by atoms with E-state index in [9.17, 15) is 10.1 Å². The maximum atomic E-state index is 13.0. The highest BCUT2D eigenvalue weighted by Crippen LogP contribution is 2.25. The Morgan fingerprint density at radius 3 is 2.34 bits per heavy atom. The lowest BCUT2D eigenvalue weighted by Gasteiger charge is -2.08. The number of amides is 1. The molecule has 1 N–H and O–H groups in total. The molecule has 5 nitrogen and oxygen atoms in total. The SMILES string of the molecule is Cc1ccc(Cn2cc(/C=C(\C#N)C(=O)Nc3ccc(OCc4ccccc4)cc3)c3ccccc32)cc1. The van der Waals surface area contributed by atoms with Crippen LogP contribution in [-0.4, -0.2) is 10.5 Å². The number of nitrogens with one attached hydrogen (secondary N) is 1. The van der Waals surface area contributed by atoms with Gasteiger partial charge in [-0.15, -0.1) is 0 Å². The van der Waals surface area contributed by atoms with Crippen molar-refractivity contribution < 1.29 is 9.53 Å². The van der Waals surface area contributed by atoms with Gasteiger partial charge in [0.05, 0.1) is 0 Å². The van der Waals surface area contributed by atoms with E-state index in [1.54, 1.807) is 30.3 Å². The van der Waals surface area contributed by atoms with Crippen molar-refractivity contribution in [3.8, 4) is 11.8 Å². The summed E-state index contributed by atoms with van der Waals surface area (Å²) >= 11 is 0. The third kappa shape index (κ3) is 5.83. The minimum Gasteiger partial charge on any atom is -0.489 e. The topological polar surface area (TPSA) is 67.0 Å². The quantitative estimate of drug-likeness (QED) is 0.183. The molecular weight excluding hydrogens is 470 g/mol. The van der Waals surface area contributed by atoms with Crippen LogP contribution in [0.25, 0.3) is 17.0 Å². The molecule has 4 aromatic carbocycles. The lowest BCUT2D eigenvalue weighted by molar-refractivity contribution is -0.112. The standard InChI is InChI=1S/C33H27N3O2/c1-24-11-13-25(14-12-24)21-36-22-28(31-9-5-6-10-32(31)36)19-27(20-34)33(37)35-29-15-17-30(18-16-29)38-23-26-7-3-2-4-8-26/h2-19,22H,21,23H2,1H3,(H,35,37)/b27-19+. The van der Waals surface area contributed by atoms with Gasteiger partial charge in [0.1, 0.15) is 24.0 Å². The lowest BCUT2D eigenvalue weighted by Crippen LogP contribution is -2.13. The van der Waals surface area contributed by atoms with Crippen molar-refractivity contribution in [1.82, 2.24) is 4.57 Å². The number of hydrogen-bond acceptors (Lipinski definition) is 3. The molecule has 0 spiro atoms. The first-order chi connectivity index (χ1) is 18.6. The monoisotopic (exact) mass is 497 g/mol. The zero-order chi connectivity index (χ0) is 26.3. The van der Waals surface area contributed by atoms with Gasteiger partial charge in [0.15, 0.2) is 0 Å². The molecule has 5 rings (SSSR count). The van der Waals surface area contributed by atoms with E-state index in [0.717, 1.165) is 22.0 Å². The smallest absolute Gasteiger partial charge is 0.266 e. The Kier molecular flexibility index (Phi) is 7.33. The van der Waals surface area contributed by atoms with Gasteiger partial charge in [-0.25, -0.2) is 0 Å². The van der Waals surface area contributed by atoms with Crippen LogP contribution in [0.15, 0.2) is 115 Å². The number of hydrogen-bond donors (Lipinski definition) is 1. The molecule has 0 aliphatic rings. The predicted octanol–water partition coefficient (Wildman–Crippen LogP) is 7.12. The summed E-state index contributed by atoms with van der Waals surface area (Å²) in [7, 11) is 0. The molecule has 38 heavy (non-hydrogen) atoms. The molecule has 0 saturated heterocycles. The summed E-state index contributed by atoms with van der Waals surface area (Å²) in [5.74, 6) is 0.241. The molecule has 0 saturated carbocycles. The van der Waals surface area contributed by atoms with Crippen LogP contribution in [0.2, 0.25) is 0 Å². The summed E-state index contributed by atoms with van der Waals surface area (Å²) in [6, 6.07) is 35.6. The Bertz CT molecular complexity index is 1620. The van der Waals surface area contributed by atoms with Crippen molar-refractivity contribution in [2.24, 2.45) is 0 Å². The maximum absolute atomic E-state index is 13.0. The average molecular weight is 498 g/mol. The van der Waals surface area contributed by atoms with Gasteiger partial charge in [-0.1, -0.05) is 78.4 Å². The van der Waals surface area contributed by atoms with Gasteiger partial charge in [0, 0.05) is 34.9 Å². The Hall–Kier alpha value is -5.08. The molecular formula is C33H27N3O2. The number of para-hydroxylation sites is 1. The zero-order valence-corrected chi connectivity index (χ0v) is 21.1. The molecule has 0 radical (unpaired) electrons. The Morgan fingerprint density at radius 2 is 1.61 bits per heavy atom. The van der Waals surface area contributed by atoms with Gasteiger partial charge in [0.2, 0.25) is 0 Å². The lowest BCUT2D eigenvalue weighted by atomic mass is 10.1. The van der Waals surface area contributed by atoms with Crippen molar-refractivity contribution in [3.05, 3.63) is 137 Å². The molecule has 1 aromatic heterocycles. The Balaban J connectivity index is 1.31. The first-order valence-electron chi connectivity index (χ1n) is 12.4. The molecule has 0 aliphatic carbocycles. The number of fused-ring (bicyclic) bond motifs is 1. The number of carbonyl (C=O) groups is 1. The second-order valence-corrected chi connectivity index (χ2v) is 9.14. The summed E-state index contributed by atoms with van der Waals surface area (Å²) in [5.41, 5.74) is 5.97. The van der Waals surface area contributed by atoms with Crippen molar-refractivity contribution in [2.75, 3.05) is 5.32 Å². The highest BCUT2D eigenvalue weighted by Gasteiger charge is 2.13. The van der Waals surface area contributed by atoms with Crippen LogP contribution in [-0.2, 0) is 17.9 Å². The Labute approximate surface area is 222 Å². The largest absolute Gasteiger partial charge is 0.489 e. The first-order valence-corrected chi connectivity index (χ1v) is 12.4. The van der Waals surface area contributed by atoms with E-state index in [4.69, 9.17) is 4.74 Å². The number of rotatable bonds is 8. The van der Waals surface area contributed by atoms with Crippen LogP contribution in [0.1, 0.15) is 22.3 Å². The molecule has 1 amide bonds. The van der Waals surface area contributed by atoms with E-state index >= 15 is 0 Å². The minimum absolute atomic E-state index is 0.0349. The summed E-state index contributed by atoms with van der Waals surface area (Å²) in [4.78, 5) is 13.0. The third-order valence-electron chi connectivity index (χ3n) is 6.32. The molecule has 5 aromatic rings. The predicted molar refractivity (Wildman–Crippen MR) is 152 cm³/mol. The van der Waals surface area contributed by atoms with Crippen molar-refractivity contribution in [3.63, 3.8) is 0 Å². The fourth-order valence-corrected chi connectivity index (χ4v) is 4.29. The van der Waals surface area contributed by atoms with Crippen LogP contribution in [0.3, 0.4) is 0 Å². The van der Waals surface area contributed by atoms with Crippen LogP contribution in [0, 0.1) is 18.3 Å². The normalized spacial score (nSPS) is 11.2. The number of ether oxygens (including phenoxy) is 1. The highest BCUT2D eigenvalue weighted by molar-refractivity contribution is 6.10. The van der Waals surface area contributed by atoms with Gasteiger partial charge in [-0.3, -0.25) is 4.79 Å². The van der Waals surface area contributed by atoms with Gasteiger partial charge in [-0.05, 0) is 54.5 Å². The number of anilines is 1. The Morgan fingerprint density at radius 1 is 0.895 bits per heavy atom. The van der Waals surface area contributed by atoms with E-state index in [2.05, 4.69) is 53.2 Å². The fraction of sp³-hybridized carbons (Fsp3) is 0.0909. The van der Waals surface area contributed by atoms with Crippen LogP contribution < -0.4 is 10.1 Å². The number of carbonyl (C=O) groups excluding carboxylic acids is 1. The van der Waals surface area contributed by atoms with Crippen molar-refractivity contribution in [2.45, 2.75) is 20.1 Å². The van der Waals surface area contributed by atoms with Gasteiger partial charge in [-0.2, -0.15) is 5.26 Å². The zero-order valence-electron chi connectivity index (χ0n) is 21.1. The molecule has 186 valence electrons. The average Bonchev–Trinajstić information content (AvgIpc) is 3.30. The maximum Gasteiger partial charge on any atom is 0.266 e. The molecule has 1 heterocycles. The molecule has 0 bridgehead atoms. The van der Waals surface area contributed by atoms with E-state index < -0.39 is 5.91 Å². The summed E-state index contributed by atoms with van der Waals surface area (Å²) in [6.07, 6.45) is 3.65. The molecule has 0 atom stereocenters. The first kappa shape index (κ1) is 24.6. The number of nitrogens with zero attached hydrogens (tertiary/aromatic N) is 2. The molecule has 0 unspecified atom stereocenters. The van der Waals surface area contributed by atoms with E-state index in [1.165, 1.54) is 11.1 Å².